The number of hydrogen-bond donors (Lipinski definition) is 1. The minimum Gasteiger partial charge on any atom is -0.355 e. The molecule has 2 heterocycles. The van der Waals surface area contributed by atoms with Crippen molar-refractivity contribution >= 4 is 23.2 Å². The molecule has 0 aromatic carbocycles. The van der Waals surface area contributed by atoms with Crippen molar-refractivity contribution < 1.29 is 4.79 Å². The van der Waals surface area contributed by atoms with E-state index in [9.17, 15) is 4.79 Å². The number of nitrogens with one attached hydrogen (secondary N) is 1. The van der Waals surface area contributed by atoms with Gasteiger partial charge in [-0.25, -0.2) is 4.98 Å². The van der Waals surface area contributed by atoms with E-state index >= 15 is 0 Å². The molecule has 8 heteroatoms. The molecule has 3 aliphatic rings. The van der Waals surface area contributed by atoms with Crippen molar-refractivity contribution in [3.63, 3.8) is 0 Å². The van der Waals surface area contributed by atoms with Crippen LogP contribution < -0.4 is 5.32 Å². The van der Waals surface area contributed by atoms with Crippen LogP contribution in [0.2, 0.25) is 0 Å². The lowest BCUT2D eigenvalue weighted by Gasteiger charge is -2.38. The van der Waals surface area contributed by atoms with Gasteiger partial charge >= 0.3 is 0 Å². The SMILES string of the molecule is CN=C(NCCN1CCN(C(=O)C2CCC2)CC1)N(C)Cc1nc2c(s1)CCCC2. The normalized spacial score (nSPS) is 20.6. The largest absolute Gasteiger partial charge is 0.355 e. The lowest BCUT2D eigenvalue weighted by atomic mass is 9.84. The minimum atomic E-state index is 0.320. The molecule has 1 saturated heterocycles. The van der Waals surface area contributed by atoms with Crippen LogP contribution in [0.5, 0.6) is 0 Å². The first kappa shape index (κ1) is 21.6. The summed E-state index contributed by atoms with van der Waals surface area (Å²) in [7, 11) is 3.93. The zero-order valence-corrected chi connectivity index (χ0v) is 19.3. The van der Waals surface area contributed by atoms with Crippen LogP contribution in [0.15, 0.2) is 4.99 Å². The first-order chi connectivity index (χ1) is 14.6. The second-order valence-electron chi connectivity index (χ2n) is 8.81. The number of hydrogen-bond acceptors (Lipinski definition) is 5. The van der Waals surface area contributed by atoms with E-state index in [1.54, 1.807) is 0 Å². The molecule has 2 aliphatic carbocycles. The molecule has 4 rings (SSSR count). The van der Waals surface area contributed by atoms with Crippen LogP contribution in [0.3, 0.4) is 0 Å². The van der Waals surface area contributed by atoms with Crippen molar-refractivity contribution in [1.82, 2.24) is 25.0 Å². The van der Waals surface area contributed by atoms with Crippen LogP contribution in [0.25, 0.3) is 0 Å². The summed E-state index contributed by atoms with van der Waals surface area (Å²) in [6, 6.07) is 0. The van der Waals surface area contributed by atoms with Gasteiger partial charge in [-0.3, -0.25) is 14.7 Å². The number of carbonyl (C=O) groups is 1. The molecule has 1 aromatic heterocycles. The molecular weight excluding hydrogens is 396 g/mol. The van der Waals surface area contributed by atoms with Crippen LogP contribution in [-0.4, -0.2) is 84.9 Å². The minimum absolute atomic E-state index is 0.320. The summed E-state index contributed by atoms with van der Waals surface area (Å²) in [4.78, 5) is 29.9. The fraction of sp³-hybridized carbons (Fsp3) is 0.773. The van der Waals surface area contributed by atoms with Crippen LogP contribution in [0.1, 0.15) is 47.7 Å². The standard InChI is InChI=1S/C22H36N6OS/c1-23-22(26(2)16-20-25-18-8-3-4-9-19(18)30-20)24-10-11-27-12-14-28(15-13-27)21(29)17-6-5-7-17/h17H,3-16H2,1-2H3,(H,23,24). The third-order valence-corrected chi connectivity index (χ3v) is 7.83. The number of aromatic nitrogens is 1. The number of piperazine rings is 1. The summed E-state index contributed by atoms with van der Waals surface area (Å²) in [6.07, 6.45) is 8.33. The zero-order valence-electron chi connectivity index (χ0n) is 18.5. The van der Waals surface area contributed by atoms with Gasteiger partial charge in [-0.1, -0.05) is 6.42 Å². The molecule has 2 fully saturated rings. The second-order valence-corrected chi connectivity index (χ2v) is 9.98. The first-order valence-corrected chi connectivity index (χ1v) is 12.4. The average molecular weight is 433 g/mol. The molecule has 7 nitrogen and oxygen atoms in total. The molecule has 1 N–H and O–H groups in total. The van der Waals surface area contributed by atoms with Crippen molar-refractivity contribution in [1.29, 1.82) is 0 Å². The van der Waals surface area contributed by atoms with E-state index in [0.29, 0.717) is 11.8 Å². The van der Waals surface area contributed by atoms with Crippen LogP contribution in [-0.2, 0) is 24.2 Å². The Kier molecular flexibility index (Phi) is 7.25. The Balaban J connectivity index is 1.17. The summed E-state index contributed by atoms with van der Waals surface area (Å²) in [5.74, 6) is 1.63. The third kappa shape index (κ3) is 5.14. The van der Waals surface area contributed by atoms with Crippen molar-refractivity contribution in [2.45, 2.75) is 51.5 Å². The second kappa shape index (κ2) is 10.1. The van der Waals surface area contributed by atoms with Crippen LogP contribution in [0, 0.1) is 5.92 Å². The summed E-state index contributed by atoms with van der Waals surface area (Å²) >= 11 is 1.87. The fourth-order valence-corrected chi connectivity index (χ4v) is 5.78. The van der Waals surface area contributed by atoms with Gasteiger partial charge in [-0.15, -0.1) is 11.3 Å². The van der Waals surface area contributed by atoms with Crippen molar-refractivity contribution in [2.24, 2.45) is 10.9 Å². The Morgan fingerprint density at radius 1 is 1.20 bits per heavy atom. The Labute approximate surface area is 184 Å². The number of rotatable bonds is 6. The summed E-state index contributed by atoms with van der Waals surface area (Å²) in [5, 5.41) is 4.69. The monoisotopic (exact) mass is 432 g/mol. The Morgan fingerprint density at radius 3 is 2.63 bits per heavy atom. The van der Waals surface area contributed by atoms with E-state index in [0.717, 1.165) is 71.0 Å². The van der Waals surface area contributed by atoms with E-state index in [-0.39, 0.29) is 0 Å². The van der Waals surface area contributed by atoms with Gasteiger partial charge in [0.25, 0.3) is 0 Å². The topological polar surface area (TPSA) is 64.1 Å². The van der Waals surface area contributed by atoms with E-state index in [4.69, 9.17) is 4.98 Å². The summed E-state index contributed by atoms with van der Waals surface area (Å²) < 4.78 is 0. The van der Waals surface area contributed by atoms with Crippen molar-refractivity contribution in [3.8, 4) is 0 Å². The van der Waals surface area contributed by atoms with Gasteiger partial charge in [0.2, 0.25) is 5.91 Å². The van der Waals surface area contributed by atoms with Crippen molar-refractivity contribution in [3.05, 3.63) is 15.6 Å². The molecular formula is C22H36N6OS. The highest BCUT2D eigenvalue weighted by atomic mass is 32.1. The van der Waals surface area contributed by atoms with E-state index in [1.165, 1.54) is 41.3 Å². The third-order valence-electron chi connectivity index (χ3n) is 6.69. The number of aliphatic imine (C=N–C) groups is 1. The highest BCUT2D eigenvalue weighted by Crippen LogP contribution is 2.29. The van der Waals surface area contributed by atoms with E-state index in [1.807, 2.05) is 18.4 Å². The van der Waals surface area contributed by atoms with Gasteiger partial charge in [0.15, 0.2) is 5.96 Å². The van der Waals surface area contributed by atoms with Crippen LogP contribution >= 0.6 is 11.3 Å². The van der Waals surface area contributed by atoms with Gasteiger partial charge in [-0.2, -0.15) is 0 Å². The molecule has 0 spiro atoms. The maximum atomic E-state index is 12.4. The molecule has 0 radical (unpaired) electrons. The summed E-state index contributed by atoms with van der Waals surface area (Å²) in [5.41, 5.74) is 1.33. The molecule has 30 heavy (non-hydrogen) atoms. The average Bonchev–Trinajstić information content (AvgIpc) is 3.12. The number of guanidine groups is 1. The number of thiazole rings is 1. The fourth-order valence-electron chi connectivity index (χ4n) is 4.57. The molecule has 1 saturated carbocycles. The molecule has 166 valence electrons. The number of fused-ring (bicyclic) bond motifs is 1. The van der Waals surface area contributed by atoms with Crippen LogP contribution in [0.4, 0.5) is 0 Å². The van der Waals surface area contributed by atoms with Gasteiger partial charge in [0, 0.05) is 64.2 Å². The quantitative estimate of drug-likeness (QED) is 0.550. The maximum absolute atomic E-state index is 12.4. The number of carbonyl (C=O) groups excluding carboxylic acids is 1. The van der Waals surface area contributed by atoms with Gasteiger partial charge in [0.1, 0.15) is 5.01 Å². The van der Waals surface area contributed by atoms with Gasteiger partial charge in [-0.05, 0) is 38.5 Å². The number of amides is 1. The Hall–Kier alpha value is -1.67. The Bertz CT molecular complexity index is 727. The van der Waals surface area contributed by atoms with Gasteiger partial charge < -0.3 is 15.1 Å². The molecule has 1 amide bonds. The lowest BCUT2D eigenvalue weighted by Crippen LogP contribution is -2.52. The van der Waals surface area contributed by atoms with Gasteiger partial charge in [0.05, 0.1) is 12.2 Å². The molecule has 0 unspecified atom stereocenters. The predicted octanol–water partition coefficient (Wildman–Crippen LogP) is 1.97. The molecule has 1 aromatic rings. The molecule has 0 atom stereocenters. The van der Waals surface area contributed by atoms with E-state index < -0.39 is 0 Å². The lowest BCUT2D eigenvalue weighted by molar-refractivity contribution is -0.139. The number of aryl methyl sites for hydroxylation is 2. The first-order valence-electron chi connectivity index (χ1n) is 11.5. The molecule has 0 bridgehead atoms. The predicted molar refractivity (Wildman–Crippen MR) is 122 cm³/mol. The maximum Gasteiger partial charge on any atom is 0.225 e. The highest BCUT2D eigenvalue weighted by Gasteiger charge is 2.31. The number of nitrogens with zero attached hydrogens (tertiary/aromatic N) is 5. The highest BCUT2D eigenvalue weighted by molar-refractivity contribution is 7.11. The van der Waals surface area contributed by atoms with Crippen molar-refractivity contribution in [2.75, 3.05) is 53.4 Å². The Morgan fingerprint density at radius 2 is 1.97 bits per heavy atom. The molecule has 1 aliphatic heterocycles. The van der Waals surface area contributed by atoms with E-state index in [2.05, 4.69) is 32.1 Å². The summed E-state index contributed by atoms with van der Waals surface area (Å²) in [6.45, 7) is 6.33. The zero-order chi connectivity index (χ0) is 20.9. The smallest absolute Gasteiger partial charge is 0.225 e.